The highest BCUT2D eigenvalue weighted by molar-refractivity contribution is 6.23. The number of benzene rings is 2. The molecule has 2 fully saturated rings. The molecule has 2 aliphatic heterocycles. The van der Waals surface area contributed by atoms with Gasteiger partial charge in [0.2, 0.25) is 5.91 Å². The molecule has 0 bridgehead atoms. The van der Waals surface area contributed by atoms with Crippen LogP contribution in [0.5, 0.6) is 0 Å². The van der Waals surface area contributed by atoms with E-state index in [0.717, 1.165) is 30.5 Å². The van der Waals surface area contributed by atoms with Gasteiger partial charge in [0, 0.05) is 0 Å². The smallest absolute Gasteiger partial charge is 0.266 e. The van der Waals surface area contributed by atoms with Crippen molar-refractivity contribution in [2.75, 3.05) is 9.96 Å². The molecule has 4 rings (SSSR count). The second-order valence-electron chi connectivity index (χ2n) is 7.27. The summed E-state index contributed by atoms with van der Waals surface area (Å²) in [5.41, 5.74) is 2.59. The van der Waals surface area contributed by atoms with E-state index in [4.69, 9.17) is 4.84 Å². The van der Waals surface area contributed by atoms with Crippen LogP contribution in [0.15, 0.2) is 54.6 Å². The van der Waals surface area contributed by atoms with Crippen LogP contribution in [-0.2, 0) is 14.4 Å². The third kappa shape index (κ3) is 3.02. The Morgan fingerprint density at radius 1 is 0.926 bits per heavy atom. The van der Waals surface area contributed by atoms with Crippen LogP contribution in [0.25, 0.3) is 0 Å². The average molecular weight is 364 g/mol. The highest BCUT2D eigenvalue weighted by atomic mass is 16.7. The van der Waals surface area contributed by atoms with Gasteiger partial charge < -0.3 is 0 Å². The van der Waals surface area contributed by atoms with Crippen molar-refractivity contribution in [3.05, 3.63) is 60.2 Å². The molecule has 0 N–H and O–H groups in total. The van der Waals surface area contributed by atoms with E-state index in [2.05, 4.69) is 6.92 Å². The van der Waals surface area contributed by atoms with Gasteiger partial charge in [-0.1, -0.05) is 55.7 Å². The maximum Gasteiger partial charge on any atom is 0.266 e. The van der Waals surface area contributed by atoms with Crippen molar-refractivity contribution in [1.29, 1.82) is 0 Å². The Labute approximate surface area is 159 Å². The summed E-state index contributed by atoms with van der Waals surface area (Å²) in [6.45, 7) is 4.11. The number of carbonyl (C=O) groups excluding carboxylic acids is 2. The standard InChI is InChI=1S/C22H24N2O3/c1-3-4-10-18-19-20(27-24(18)17-8-6-5-7-9-17)22(26)23(21(19)25)16-13-11-15(2)12-14-16/h5-9,11-14,18-20H,3-4,10H2,1-2H3/t18-,19-,20-/m0/s1. The molecule has 5 heteroatoms. The van der Waals surface area contributed by atoms with Crippen LogP contribution in [0, 0.1) is 12.8 Å². The molecule has 0 unspecified atom stereocenters. The predicted octanol–water partition coefficient (Wildman–Crippen LogP) is 3.86. The van der Waals surface area contributed by atoms with Crippen molar-refractivity contribution in [1.82, 2.24) is 0 Å². The largest absolute Gasteiger partial charge is 0.273 e. The van der Waals surface area contributed by atoms with Crippen LogP contribution in [0.1, 0.15) is 31.7 Å². The molecule has 27 heavy (non-hydrogen) atoms. The Morgan fingerprint density at radius 3 is 2.30 bits per heavy atom. The zero-order valence-electron chi connectivity index (χ0n) is 15.7. The lowest BCUT2D eigenvalue weighted by atomic mass is 9.92. The third-order valence-electron chi connectivity index (χ3n) is 5.39. The van der Waals surface area contributed by atoms with Gasteiger partial charge in [-0.3, -0.25) is 14.4 Å². The zero-order valence-corrected chi connectivity index (χ0v) is 15.7. The fourth-order valence-electron chi connectivity index (χ4n) is 3.98. The second kappa shape index (κ2) is 7.16. The fraction of sp³-hybridized carbons (Fsp3) is 0.364. The van der Waals surface area contributed by atoms with Gasteiger partial charge >= 0.3 is 0 Å². The van der Waals surface area contributed by atoms with Gasteiger partial charge in [-0.15, -0.1) is 0 Å². The number of hydrogen-bond donors (Lipinski definition) is 0. The lowest BCUT2D eigenvalue weighted by molar-refractivity contribution is -0.126. The third-order valence-corrected chi connectivity index (χ3v) is 5.39. The van der Waals surface area contributed by atoms with E-state index in [0.29, 0.717) is 5.69 Å². The summed E-state index contributed by atoms with van der Waals surface area (Å²) >= 11 is 0. The SMILES string of the molecule is CCCC[C@H]1[C@@H]2C(=O)N(c3ccc(C)cc3)C(=O)[C@H]2ON1c1ccccc1. The van der Waals surface area contributed by atoms with E-state index in [1.807, 2.05) is 61.5 Å². The molecule has 140 valence electrons. The Kier molecular flexibility index (Phi) is 4.70. The maximum atomic E-state index is 13.2. The summed E-state index contributed by atoms with van der Waals surface area (Å²) in [5, 5.41) is 1.78. The first-order chi connectivity index (χ1) is 13.1. The van der Waals surface area contributed by atoms with Crippen molar-refractivity contribution < 1.29 is 14.4 Å². The van der Waals surface area contributed by atoms with Crippen LogP contribution < -0.4 is 9.96 Å². The van der Waals surface area contributed by atoms with Crippen LogP contribution >= 0.6 is 0 Å². The van der Waals surface area contributed by atoms with E-state index >= 15 is 0 Å². The normalized spacial score (nSPS) is 24.6. The number of rotatable bonds is 5. The van der Waals surface area contributed by atoms with Gasteiger partial charge in [0.1, 0.15) is 0 Å². The number of carbonyl (C=O) groups is 2. The lowest BCUT2D eigenvalue weighted by Gasteiger charge is -2.28. The number of unbranched alkanes of at least 4 members (excludes halogenated alkanes) is 1. The van der Waals surface area contributed by atoms with Crippen LogP contribution in [-0.4, -0.2) is 24.0 Å². The zero-order chi connectivity index (χ0) is 19.0. The Balaban J connectivity index is 1.66. The molecule has 3 atom stereocenters. The highest BCUT2D eigenvalue weighted by Crippen LogP contribution is 2.41. The molecular formula is C22H24N2O3. The predicted molar refractivity (Wildman–Crippen MR) is 104 cm³/mol. The van der Waals surface area contributed by atoms with Gasteiger partial charge in [-0.05, 0) is 37.6 Å². The summed E-state index contributed by atoms with van der Waals surface area (Å²) < 4.78 is 0. The first-order valence-electron chi connectivity index (χ1n) is 9.57. The molecular weight excluding hydrogens is 340 g/mol. The van der Waals surface area contributed by atoms with Crippen molar-refractivity contribution in [3.63, 3.8) is 0 Å². The number of hydrogen-bond acceptors (Lipinski definition) is 4. The number of imide groups is 1. The van der Waals surface area contributed by atoms with Crippen LogP contribution in [0.3, 0.4) is 0 Å². The monoisotopic (exact) mass is 364 g/mol. The van der Waals surface area contributed by atoms with Crippen molar-refractivity contribution >= 4 is 23.2 Å². The maximum absolute atomic E-state index is 13.2. The summed E-state index contributed by atoms with van der Waals surface area (Å²) in [6, 6.07) is 17.0. The van der Waals surface area contributed by atoms with Gasteiger partial charge in [0.05, 0.1) is 23.3 Å². The van der Waals surface area contributed by atoms with Gasteiger partial charge in [0.25, 0.3) is 5.91 Å². The average Bonchev–Trinajstić information content (AvgIpc) is 3.18. The summed E-state index contributed by atoms with van der Waals surface area (Å²) in [4.78, 5) is 33.6. The number of amides is 2. The molecule has 2 aromatic carbocycles. The van der Waals surface area contributed by atoms with E-state index in [1.165, 1.54) is 4.90 Å². The van der Waals surface area contributed by atoms with E-state index in [-0.39, 0.29) is 17.9 Å². The quantitative estimate of drug-likeness (QED) is 0.756. The minimum absolute atomic E-state index is 0.135. The Bertz CT molecular complexity index is 834. The van der Waals surface area contributed by atoms with Gasteiger partial charge in [0.15, 0.2) is 6.10 Å². The van der Waals surface area contributed by atoms with Crippen LogP contribution in [0.2, 0.25) is 0 Å². The lowest BCUT2D eigenvalue weighted by Crippen LogP contribution is -2.40. The number of aryl methyl sites for hydroxylation is 1. The summed E-state index contributed by atoms with van der Waals surface area (Å²) in [7, 11) is 0. The minimum Gasteiger partial charge on any atom is -0.273 e. The first-order valence-corrected chi connectivity index (χ1v) is 9.57. The highest BCUT2D eigenvalue weighted by Gasteiger charge is 2.59. The Morgan fingerprint density at radius 2 is 1.63 bits per heavy atom. The molecule has 0 radical (unpaired) electrons. The molecule has 2 aromatic rings. The van der Waals surface area contributed by atoms with Crippen molar-refractivity contribution in [2.24, 2.45) is 5.92 Å². The number of nitrogens with zero attached hydrogens (tertiary/aromatic N) is 2. The van der Waals surface area contributed by atoms with E-state index in [9.17, 15) is 9.59 Å². The van der Waals surface area contributed by atoms with Crippen LogP contribution in [0.4, 0.5) is 11.4 Å². The molecule has 2 heterocycles. The topological polar surface area (TPSA) is 49.9 Å². The molecule has 2 amide bonds. The molecule has 2 aliphatic rings. The summed E-state index contributed by atoms with van der Waals surface area (Å²) in [5.74, 6) is -0.896. The number of hydroxylamine groups is 1. The van der Waals surface area contributed by atoms with E-state index < -0.39 is 12.0 Å². The number of para-hydroxylation sites is 1. The number of anilines is 2. The van der Waals surface area contributed by atoms with Crippen molar-refractivity contribution in [3.8, 4) is 0 Å². The fourth-order valence-corrected chi connectivity index (χ4v) is 3.98. The Hall–Kier alpha value is -2.66. The first kappa shape index (κ1) is 17.7. The molecule has 0 aliphatic carbocycles. The van der Waals surface area contributed by atoms with Gasteiger partial charge in [-0.2, -0.15) is 0 Å². The minimum atomic E-state index is -0.749. The van der Waals surface area contributed by atoms with Crippen molar-refractivity contribution in [2.45, 2.75) is 45.3 Å². The summed E-state index contributed by atoms with van der Waals surface area (Å²) in [6.07, 6.45) is 2.07. The van der Waals surface area contributed by atoms with E-state index in [1.54, 1.807) is 5.06 Å². The molecule has 0 saturated carbocycles. The van der Waals surface area contributed by atoms with Gasteiger partial charge in [-0.25, -0.2) is 9.96 Å². The molecule has 0 aromatic heterocycles. The molecule has 0 spiro atoms. The number of fused-ring (bicyclic) bond motifs is 1. The second-order valence-corrected chi connectivity index (χ2v) is 7.27. The molecule has 5 nitrogen and oxygen atoms in total. The molecule has 2 saturated heterocycles.